The summed E-state index contributed by atoms with van der Waals surface area (Å²) in [5.74, 6) is -0.647. The highest BCUT2D eigenvalue weighted by atomic mass is 35.5. The summed E-state index contributed by atoms with van der Waals surface area (Å²) in [5.41, 5.74) is 2.70. The fraction of sp³-hybridized carbons (Fsp3) is 0.357. The van der Waals surface area contributed by atoms with Gasteiger partial charge in [-0.25, -0.2) is 0 Å². The smallest absolute Gasteiger partial charge is 0.217 e. The summed E-state index contributed by atoms with van der Waals surface area (Å²) in [4.78, 5) is 14.5. The summed E-state index contributed by atoms with van der Waals surface area (Å²) in [6.07, 6.45) is 0. The third-order valence-corrected chi connectivity index (χ3v) is 3.18. The number of hydrogen-bond donors (Lipinski definition) is 2. The van der Waals surface area contributed by atoms with Crippen LogP contribution in [0.2, 0.25) is 5.02 Å². The van der Waals surface area contributed by atoms with E-state index in [0.717, 1.165) is 22.2 Å². The lowest BCUT2D eigenvalue weighted by Gasteiger charge is -2.07. The standard InChI is InChI=1S/C14H17ClN2O/c1-8(2)12-6-14-10(5-13(12)15)4-11(17-14)7-16-9(3)18/h4-6,8,17H,7H2,1-3H3,(H,16,18)/i3D3. The van der Waals surface area contributed by atoms with Crippen LogP contribution in [0.15, 0.2) is 18.2 Å². The fourth-order valence-corrected chi connectivity index (χ4v) is 2.33. The number of aromatic amines is 1. The molecule has 18 heavy (non-hydrogen) atoms. The van der Waals surface area contributed by atoms with Crippen molar-refractivity contribution >= 4 is 28.4 Å². The fourth-order valence-electron chi connectivity index (χ4n) is 1.94. The number of carbonyl (C=O) groups excluding carboxylic acids is 1. The average Bonchev–Trinajstić information content (AvgIpc) is 2.75. The molecule has 2 aromatic rings. The zero-order valence-corrected chi connectivity index (χ0v) is 11.1. The van der Waals surface area contributed by atoms with E-state index in [1.54, 1.807) is 0 Å². The number of H-pyrrole nitrogens is 1. The first-order valence-electron chi connectivity index (χ1n) is 7.28. The van der Waals surface area contributed by atoms with Crippen LogP contribution in [0.25, 0.3) is 10.9 Å². The lowest BCUT2D eigenvalue weighted by atomic mass is 10.0. The van der Waals surface area contributed by atoms with Gasteiger partial charge >= 0.3 is 0 Å². The molecule has 0 atom stereocenters. The Bertz CT molecular complexity index is 677. The maximum absolute atomic E-state index is 11.3. The molecule has 0 radical (unpaired) electrons. The third kappa shape index (κ3) is 2.67. The number of amides is 1. The molecule has 2 N–H and O–H groups in total. The van der Waals surface area contributed by atoms with Gasteiger partial charge in [0.15, 0.2) is 0 Å². The van der Waals surface area contributed by atoms with Crippen LogP contribution < -0.4 is 5.32 Å². The number of rotatable bonds is 3. The number of fused-ring (bicyclic) bond motifs is 1. The molecule has 0 saturated carbocycles. The average molecular weight is 268 g/mol. The molecular weight excluding hydrogens is 248 g/mol. The Kier molecular flexibility index (Phi) is 2.64. The Morgan fingerprint density at radius 2 is 2.28 bits per heavy atom. The number of hydrogen-bond acceptors (Lipinski definition) is 1. The van der Waals surface area contributed by atoms with E-state index in [9.17, 15) is 4.79 Å². The molecule has 96 valence electrons. The summed E-state index contributed by atoms with van der Waals surface area (Å²) in [5, 5.41) is 4.02. The Hall–Kier alpha value is -1.48. The van der Waals surface area contributed by atoms with E-state index in [0.29, 0.717) is 10.9 Å². The molecule has 2 rings (SSSR count). The number of benzene rings is 1. The maximum atomic E-state index is 11.3. The minimum atomic E-state index is -2.62. The van der Waals surface area contributed by atoms with Gasteiger partial charge < -0.3 is 10.3 Å². The van der Waals surface area contributed by atoms with E-state index in [4.69, 9.17) is 15.7 Å². The number of aromatic nitrogens is 1. The minimum Gasteiger partial charge on any atom is -0.357 e. The van der Waals surface area contributed by atoms with Crippen molar-refractivity contribution in [2.75, 3.05) is 0 Å². The predicted octanol–water partition coefficient (Wildman–Crippen LogP) is 3.58. The van der Waals surface area contributed by atoms with Gasteiger partial charge in [0.1, 0.15) is 0 Å². The highest BCUT2D eigenvalue weighted by Crippen LogP contribution is 2.29. The summed E-state index contributed by atoms with van der Waals surface area (Å²) >= 11 is 6.24. The van der Waals surface area contributed by atoms with E-state index in [2.05, 4.69) is 24.1 Å². The summed E-state index contributed by atoms with van der Waals surface area (Å²) in [6, 6.07) is 5.71. The number of halogens is 1. The molecule has 0 aliphatic rings. The predicted molar refractivity (Wildman–Crippen MR) is 74.9 cm³/mol. The van der Waals surface area contributed by atoms with Gasteiger partial charge in [-0.2, -0.15) is 0 Å². The van der Waals surface area contributed by atoms with Crippen molar-refractivity contribution in [1.82, 2.24) is 10.3 Å². The lowest BCUT2D eigenvalue weighted by Crippen LogP contribution is -2.18. The van der Waals surface area contributed by atoms with Crippen LogP contribution in [-0.4, -0.2) is 10.9 Å². The Morgan fingerprint density at radius 3 is 2.94 bits per heavy atom. The quantitative estimate of drug-likeness (QED) is 0.877. The van der Waals surface area contributed by atoms with Gasteiger partial charge in [0.2, 0.25) is 5.91 Å². The molecule has 0 aliphatic carbocycles. The second-order valence-electron chi connectivity index (χ2n) is 4.59. The zero-order valence-electron chi connectivity index (χ0n) is 13.3. The van der Waals surface area contributed by atoms with Gasteiger partial charge in [-0.05, 0) is 29.7 Å². The van der Waals surface area contributed by atoms with E-state index in [-0.39, 0.29) is 6.54 Å². The molecule has 4 heteroatoms. The number of carbonyl (C=O) groups is 1. The normalized spacial score (nSPS) is 14.3. The SMILES string of the molecule is [2H]C([2H])([2H])C(=O)NCc1cc2cc(Cl)c(C(C)C)cc2[nH]1. The molecule has 0 saturated heterocycles. The highest BCUT2D eigenvalue weighted by molar-refractivity contribution is 6.32. The van der Waals surface area contributed by atoms with Crippen LogP contribution in [0.3, 0.4) is 0 Å². The zero-order chi connectivity index (χ0) is 15.8. The van der Waals surface area contributed by atoms with Crippen LogP contribution in [0.4, 0.5) is 0 Å². The number of nitrogens with one attached hydrogen (secondary N) is 2. The van der Waals surface area contributed by atoms with Gasteiger partial charge in [-0.1, -0.05) is 25.4 Å². The van der Waals surface area contributed by atoms with Crippen molar-refractivity contribution in [1.29, 1.82) is 0 Å². The molecular formula is C14H17ClN2O. The first-order valence-corrected chi connectivity index (χ1v) is 6.15. The lowest BCUT2D eigenvalue weighted by molar-refractivity contribution is -0.119. The molecule has 1 amide bonds. The topological polar surface area (TPSA) is 44.9 Å². The monoisotopic (exact) mass is 267 g/mol. The van der Waals surface area contributed by atoms with Crippen molar-refractivity contribution in [2.45, 2.75) is 33.2 Å². The van der Waals surface area contributed by atoms with Gasteiger partial charge in [0, 0.05) is 32.6 Å². The van der Waals surface area contributed by atoms with Crippen LogP contribution in [0.5, 0.6) is 0 Å². The molecule has 1 heterocycles. The van der Waals surface area contributed by atoms with Crippen LogP contribution in [-0.2, 0) is 11.3 Å². The van der Waals surface area contributed by atoms with Crippen molar-refractivity contribution < 1.29 is 8.91 Å². The second kappa shape index (κ2) is 5.02. The highest BCUT2D eigenvalue weighted by Gasteiger charge is 2.09. The molecule has 3 nitrogen and oxygen atoms in total. The first kappa shape index (κ1) is 9.45. The van der Waals surface area contributed by atoms with E-state index < -0.39 is 12.8 Å². The molecule has 0 spiro atoms. The summed E-state index contributed by atoms with van der Waals surface area (Å²) in [6.45, 7) is 1.64. The van der Waals surface area contributed by atoms with Crippen LogP contribution in [0.1, 0.15) is 42.0 Å². The molecule has 0 bridgehead atoms. The van der Waals surface area contributed by atoms with E-state index >= 15 is 0 Å². The molecule has 1 aromatic heterocycles. The molecule has 0 fully saturated rings. The Labute approximate surface area is 116 Å². The Balaban J connectivity index is 2.22. The Morgan fingerprint density at radius 1 is 1.50 bits per heavy atom. The largest absolute Gasteiger partial charge is 0.357 e. The minimum absolute atomic E-state index is 0.139. The van der Waals surface area contributed by atoms with Crippen molar-refractivity contribution in [3.8, 4) is 0 Å². The molecule has 0 aliphatic heterocycles. The van der Waals surface area contributed by atoms with Gasteiger partial charge in [0.05, 0.1) is 6.54 Å². The van der Waals surface area contributed by atoms with Crippen molar-refractivity contribution in [3.63, 3.8) is 0 Å². The van der Waals surface area contributed by atoms with Gasteiger partial charge in [-0.3, -0.25) is 4.79 Å². The van der Waals surface area contributed by atoms with Crippen molar-refractivity contribution in [3.05, 3.63) is 34.5 Å². The van der Waals surface area contributed by atoms with E-state index in [1.165, 1.54) is 0 Å². The second-order valence-corrected chi connectivity index (χ2v) is 5.00. The maximum Gasteiger partial charge on any atom is 0.217 e. The molecule has 0 unspecified atom stereocenters. The van der Waals surface area contributed by atoms with Gasteiger partial charge in [-0.15, -0.1) is 0 Å². The third-order valence-electron chi connectivity index (χ3n) is 2.86. The van der Waals surface area contributed by atoms with Crippen molar-refractivity contribution in [2.24, 2.45) is 0 Å². The molecule has 1 aromatic carbocycles. The van der Waals surface area contributed by atoms with Crippen LogP contribution in [0, 0.1) is 0 Å². The first-order chi connectivity index (χ1) is 9.68. The summed E-state index contributed by atoms with van der Waals surface area (Å²) < 4.78 is 21.0. The summed E-state index contributed by atoms with van der Waals surface area (Å²) in [7, 11) is 0. The van der Waals surface area contributed by atoms with Gasteiger partial charge in [0.25, 0.3) is 0 Å². The van der Waals surface area contributed by atoms with Crippen LogP contribution >= 0.6 is 11.6 Å². The van der Waals surface area contributed by atoms with E-state index in [1.807, 2.05) is 18.2 Å².